The average molecular weight is 475 g/mol. The molecule has 4 nitrogen and oxygen atoms in total. The third kappa shape index (κ3) is 5.40. The second-order valence-corrected chi connectivity index (χ2v) is 14.2. The molecule has 0 aliphatic carbocycles. The van der Waals surface area contributed by atoms with Crippen molar-refractivity contribution in [2.75, 3.05) is 0 Å². The van der Waals surface area contributed by atoms with E-state index in [4.69, 9.17) is 0 Å². The molecule has 2 aromatic carbocycles. The summed E-state index contributed by atoms with van der Waals surface area (Å²) in [5.41, 5.74) is 0.790. The summed E-state index contributed by atoms with van der Waals surface area (Å²) in [5, 5.41) is 44.4. The van der Waals surface area contributed by atoms with Gasteiger partial charge in [-0.15, -0.1) is 0 Å². The third-order valence-corrected chi connectivity index (χ3v) is 6.79. The van der Waals surface area contributed by atoms with Crippen molar-refractivity contribution in [2.24, 2.45) is 0 Å². The van der Waals surface area contributed by atoms with Gasteiger partial charge in [0.15, 0.2) is 0 Å². The zero-order valence-corrected chi connectivity index (χ0v) is 23.2. The number of hydrogen-bond donors (Lipinski definition) is 4. The summed E-state index contributed by atoms with van der Waals surface area (Å²) >= 11 is 1.35. The van der Waals surface area contributed by atoms with Crippen LogP contribution in [0.2, 0.25) is 0 Å². The van der Waals surface area contributed by atoms with E-state index in [-0.39, 0.29) is 23.0 Å². The van der Waals surface area contributed by atoms with E-state index in [9.17, 15) is 20.4 Å². The molecule has 0 fully saturated rings. The van der Waals surface area contributed by atoms with Gasteiger partial charge in [0.1, 0.15) is 23.0 Å². The molecule has 0 spiro atoms. The van der Waals surface area contributed by atoms with E-state index in [0.29, 0.717) is 20.9 Å². The molecule has 2 rings (SSSR count). The number of aromatic hydroxyl groups is 4. The average Bonchev–Trinajstić information content (AvgIpc) is 2.47. The Hall–Kier alpha value is -2.01. The standard InChI is InChI=1S/C28H42O4S/c1-25(2,3)19-15(29)13-17(21(23(19)31)27(7,8)9)33-18-14-16(30)20(26(4,5)6)24(32)22(18)28(10,11)12/h13-14,29-32H,1-12H3. The van der Waals surface area contributed by atoms with Crippen LogP contribution in [0.5, 0.6) is 23.0 Å². The van der Waals surface area contributed by atoms with Gasteiger partial charge in [-0.2, -0.15) is 0 Å². The molecule has 2 aromatic rings. The van der Waals surface area contributed by atoms with Gasteiger partial charge in [-0.05, 0) is 33.8 Å². The molecule has 0 unspecified atom stereocenters. The van der Waals surface area contributed by atoms with Crippen LogP contribution in [-0.2, 0) is 21.7 Å². The minimum absolute atomic E-state index is 0.0348. The molecule has 5 heteroatoms. The van der Waals surface area contributed by atoms with Gasteiger partial charge in [-0.1, -0.05) is 94.8 Å². The molecule has 33 heavy (non-hydrogen) atoms. The second kappa shape index (κ2) is 8.33. The van der Waals surface area contributed by atoms with E-state index in [1.54, 1.807) is 12.1 Å². The third-order valence-electron chi connectivity index (χ3n) is 5.71. The zero-order chi connectivity index (χ0) is 25.9. The fourth-order valence-corrected chi connectivity index (χ4v) is 6.06. The van der Waals surface area contributed by atoms with Gasteiger partial charge in [-0.25, -0.2) is 0 Å². The first-order valence-electron chi connectivity index (χ1n) is 11.5. The summed E-state index contributed by atoms with van der Waals surface area (Å²) in [6, 6.07) is 3.40. The number of phenolic OH excluding ortho intramolecular Hbond substituents is 4. The maximum absolute atomic E-state index is 11.3. The first-order valence-corrected chi connectivity index (χ1v) is 12.3. The van der Waals surface area contributed by atoms with E-state index in [2.05, 4.69) is 0 Å². The molecule has 0 bridgehead atoms. The number of benzene rings is 2. The predicted octanol–water partition coefficient (Wildman–Crippen LogP) is 7.85. The van der Waals surface area contributed by atoms with Crippen molar-refractivity contribution < 1.29 is 20.4 Å². The lowest BCUT2D eigenvalue weighted by Gasteiger charge is -2.32. The molecule has 0 saturated heterocycles. The van der Waals surface area contributed by atoms with Crippen molar-refractivity contribution in [1.29, 1.82) is 0 Å². The van der Waals surface area contributed by atoms with Crippen LogP contribution in [0.15, 0.2) is 21.9 Å². The van der Waals surface area contributed by atoms with E-state index < -0.39 is 21.7 Å². The molecule has 0 aliphatic rings. The Morgan fingerprint density at radius 3 is 0.909 bits per heavy atom. The maximum Gasteiger partial charge on any atom is 0.127 e. The summed E-state index contributed by atoms with van der Waals surface area (Å²) < 4.78 is 0. The molecule has 0 aliphatic heterocycles. The predicted molar refractivity (Wildman–Crippen MR) is 138 cm³/mol. The van der Waals surface area contributed by atoms with Gasteiger partial charge in [0, 0.05) is 32.0 Å². The Morgan fingerprint density at radius 2 is 0.697 bits per heavy atom. The number of hydrogen-bond acceptors (Lipinski definition) is 5. The largest absolute Gasteiger partial charge is 0.507 e. The summed E-state index contributed by atoms with van der Waals surface area (Å²) in [6.07, 6.45) is 0. The summed E-state index contributed by atoms with van der Waals surface area (Å²) in [5.74, 6) is 0.254. The molecular formula is C28H42O4S. The van der Waals surface area contributed by atoms with E-state index in [0.717, 1.165) is 11.1 Å². The minimum atomic E-state index is -0.446. The van der Waals surface area contributed by atoms with Gasteiger partial charge in [0.05, 0.1) is 0 Å². The molecular weight excluding hydrogens is 432 g/mol. The van der Waals surface area contributed by atoms with Gasteiger partial charge < -0.3 is 20.4 Å². The Bertz CT molecular complexity index is 971. The van der Waals surface area contributed by atoms with Gasteiger partial charge in [0.2, 0.25) is 0 Å². The van der Waals surface area contributed by atoms with Crippen LogP contribution in [0.3, 0.4) is 0 Å². The Morgan fingerprint density at radius 1 is 0.455 bits per heavy atom. The monoisotopic (exact) mass is 474 g/mol. The highest BCUT2D eigenvalue weighted by atomic mass is 32.2. The van der Waals surface area contributed by atoms with Crippen LogP contribution < -0.4 is 0 Å². The first kappa shape index (κ1) is 27.2. The lowest BCUT2D eigenvalue weighted by atomic mass is 9.79. The molecule has 184 valence electrons. The lowest BCUT2D eigenvalue weighted by Crippen LogP contribution is -2.19. The highest BCUT2D eigenvalue weighted by Crippen LogP contribution is 2.53. The van der Waals surface area contributed by atoms with Gasteiger partial charge in [0.25, 0.3) is 0 Å². The molecule has 0 atom stereocenters. The van der Waals surface area contributed by atoms with Gasteiger partial charge >= 0.3 is 0 Å². The maximum atomic E-state index is 11.3. The normalized spacial score (nSPS) is 13.5. The van der Waals surface area contributed by atoms with Crippen LogP contribution in [0.1, 0.15) is 105 Å². The van der Waals surface area contributed by atoms with E-state index >= 15 is 0 Å². The number of phenols is 4. The van der Waals surface area contributed by atoms with Crippen LogP contribution in [0.25, 0.3) is 0 Å². The summed E-state index contributed by atoms with van der Waals surface area (Å²) in [7, 11) is 0. The summed E-state index contributed by atoms with van der Waals surface area (Å²) in [4.78, 5) is 1.39. The quantitative estimate of drug-likeness (QED) is 0.356. The van der Waals surface area contributed by atoms with Crippen molar-refractivity contribution in [3.8, 4) is 23.0 Å². The molecule has 0 aromatic heterocycles. The fraction of sp³-hybridized carbons (Fsp3) is 0.571. The van der Waals surface area contributed by atoms with Crippen molar-refractivity contribution in [2.45, 2.75) is 115 Å². The van der Waals surface area contributed by atoms with Crippen LogP contribution in [-0.4, -0.2) is 20.4 Å². The Balaban J connectivity index is 2.91. The fourth-order valence-electron chi connectivity index (χ4n) is 4.47. The van der Waals surface area contributed by atoms with Crippen molar-refractivity contribution in [3.05, 3.63) is 34.4 Å². The highest BCUT2D eigenvalue weighted by molar-refractivity contribution is 7.99. The minimum Gasteiger partial charge on any atom is -0.507 e. The Labute approximate surface area is 204 Å². The first-order chi connectivity index (χ1) is 14.6. The highest BCUT2D eigenvalue weighted by Gasteiger charge is 2.35. The molecule has 4 N–H and O–H groups in total. The van der Waals surface area contributed by atoms with E-state index in [1.165, 1.54) is 11.8 Å². The van der Waals surface area contributed by atoms with Crippen LogP contribution in [0.4, 0.5) is 0 Å². The number of rotatable bonds is 2. The SMILES string of the molecule is CC(C)(C)c1c(O)cc(Sc2cc(O)c(C(C)(C)C)c(O)c2C(C)(C)C)c(C(C)(C)C)c1O. The van der Waals surface area contributed by atoms with Crippen molar-refractivity contribution in [3.63, 3.8) is 0 Å². The van der Waals surface area contributed by atoms with Crippen molar-refractivity contribution in [1.82, 2.24) is 0 Å². The second-order valence-electron chi connectivity index (χ2n) is 13.1. The topological polar surface area (TPSA) is 80.9 Å². The van der Waals surface area contributed by atoms with Crippen molar-refractivity contribution >= 4 is 11.8 Å². The molecule has 0 radical (unpaired) electrons. The molecule has 0 saturated carbocycles. The summed E-state index contributed by atoms with van der Waals surface area (Å²) in [6.45, 7) is 23.9. The van der Waals surface area contributed by atoms with E-state index in [1.807, 2.05) is 83.1 Å². The molecule has 0 heterocycles. The Kier molecular flexibility index (Phi) is 6.88. The zero-order valence-electron chi connectivity index (χ0n) is 22.4. The molecule has 0 amide bonds. The lowest BCUT2D eigenvalue weighted by molar-refractivity contribution is 0.392. The van der Waals surface area contributed by atoms with Crippen LogP contribution >= 0.6 is 11.8 Å². The van der Waals surface area contributed by atoms with Gasteiger partial charge in [-0.3, -0.25) is 0 Å². The van der Waals surface area contributed by atoms with Crippen LogP contribution in [0, 0.1) is 0 Å². The smallest absolute Gasteiger partial charge is 0.127 e.